The second kappa shape index (κ2) is 7.27. The van der Waals surface area contributed by atoms with Gasteiger partial charge in [-0.1, -0.05) is 24.3 Å². The van der Waals surface area contributed by atoms with E-state index in [0.29, 0.717) is 28.2 Å². The van der Waals surface area contributed by atoms with Crippen LogP contribution in [-0.4, -0.2) is 45.2 Å². The van der Waals surface area contributed by atoms with Crippen molar-refractivity contribution in [2.24, 2.45) is 4.99 Å². The van der Waals surface area contributed by atoms with Gasteiger partial charge < -0.3 is 4.90 Å². The molecule has 1 aromatic carbocycles. The number of aliphatic imine (C=N–C) groups is 1. The Kier molecular flexibility index (Phi) is 4.31. The van der Waals surface area contributed by atoms with Crippen molar-refractivity contribution in [1.29, 1.82) is 0 Å². The molecule has 3 aromatic rings. The first-order valence-electron chi connectivity index (χ1n) is 10.5. The molecule has 0 saturated heterocycles. The number of benzene rings is 1. The minimum absolute atomic E-state index is 0.0548. The first-order chi connectivity index (χ1) is 16.5. The number of para-hydroxylation sites is 1. The number of ketones is 1. The van der Waals surface area contributed by atoms with Crippen LogP contribution in [0.3, 0.4) is 0 Å². The summed E-state index contributed by atoms with van der Waals surface area (Å²) in [5.41, 5.74) is 3.06. The quantitative estimate of drug-likeness (QED) is 0.604. The van der Waals surface area contributed by atoms with E-state index in [1.807, 2.05) is 0 Å². The minimum Gasteiger partial charge on any atom is -0.335 e. The third-order valence-electron chi connectivity index (χ3n) is 6.20. The number of aromatic nitrogens is 2. The molecule has 1 N–H and O–H groups in total. The lowest BCUT2D eigenvalue weighted by atomic mass is 9.94. The standard InChI is InChI=1S/C24H15F2N5O3/c25-22(26)21(32)14-10-12-4-3-5-13-19(27-7-9-31(14)20(12)13)18-17(23(33)29-24(18)34)15-11-28-16-6-1-2-8-30(15)16/h1-9,11,14,22H,10H2,(H,29,33,34). The summed E-state index contributed by atoms with van der Waals surface area (Å²) in [6, 6.07) is 9.44. The number of nitrogens with zero attached hydrogens (tertiary/aromatic N) is 4. The Morgan fingerprint density at radius 1 is 1.09 bits per heavy atom. The number of nitrogens with one attached hydrogen (secondary N) is 1. The van der Waals surface area contributed by atoms with E-state index in [-0.39, 0.29) is 23.3 Å². The number of hydrogen-bond donors (Lipinski definition) is 1. The normalized spacial score (nSPS) is 19.1. The van der Waals surface area contributed by atoms with Gasteiger partial charge in [-0.05, 0) is 17.7 Å². The number of amides is 2. The number of carbonyl (C=O) groups is 3. The molecule has 6 rings (SSSR count). The van der Waals surface area contributed by atoms with Gasteiger partial charge in [0.05, 0.1) is 34.4 Å². The molecule has 0 radical (unpaired) electrons. The Bertz CT molecular complexity index is 1520. The van der Waals surface area contributed by atoms with Crippen LogP contribution >= 0.6 is 0 Å². The number of carbonyl (C=O) groups excluding carboxylic acids is 3. The van der Waals surface area contributed by atoms with E-state index in [9.17, 15) is 23.2 Å². The fourth-order valence-electron chi connectivity index (χ4n) is 4.77. The highest BCUT2D eigenvalue weighted by Gasteiger charge is 2.42. The molecule has 0 bridgehead atoms. The molecule has 3 aliphatic rings. The highest BCUT2D eigenvalue weighted by Crippen LogP contribution is 2.40. The number of pyridine rings is 1. The molecule has 8 nitrogen and oxygen atoms in total. The molecular weight excluding hydrogens is 444 g/mol. The third-order valence-corrected chi connectivity index (χ3v) is 6.20. The Morgan fingerprint density at radius 2 is 1.91 bits per heavy atom. The number of alkyl halides is 2. The van der Waals surface area contributed by atoms with Crippen LogP contribution in [0, 0.1) is 0 Å². The van der Waals surface area contributed by atoms with Gasteiger partial charge in [-0.15, -0.1) is 0 Å². The molecule has 2 amide bonds. The lowest BCUT2D eigenvalue weighted by Gasteiger charge is -2.23. The van der Waals surface area contributed by atoms with Gasteiger partial charge >= 0.3 is 0 Å². The van der Waals surface area contributed by atoms with Crippen molar-refractivity contribution in [3.05, 3.63) is 83.6 Å². The first kappa shape index (κ1) is 20.2. The smallest absolute Gasteiger partial charge is 0.298 e. The molecule has 10 heteroatoms. The van der Waals surface area contributed by atoms with Crippen molar-refractivity contribution in [2.75, 3.05) is 4.90 Å². The third kappa shape index (κ3) is 2.78. The maximum Gasteiger partial charge on any atom is 0.298 e. The Labute approximate surface area is 190 Å². The molecule has 0 fully saturated rings. The number of rotatable bonds is 4. The second-order valence-electron chi connectivity index (χ2n) is 8.02. The average Bonchev–Trinajstić information content (AvgIpc) is 3.45. The number of hydrogen-bond acceptors (Lipinski definition) is 6. The molecule has 5 heterocycles. The molecule has 1 unspecified atom stereocenters. The summed E-state index contributed by atoms with van der Waals surface area (Å²) < 4.78 is 28.2. The average molecular weight is 459 g/mol. The van der Waals surface area contributed by atoms with E-state index < -0.39 is 30.1 Å². The highest BCUT2D eigenvalue weighted by atomic mass is 19.3. The number of halogens is 2. The zero-order valence-electron chi connectivity index (χ0n) is 17.4. The van der Waals surface area contributed by atoms with E-state index in [1.54, 1.807) is 47.0 Å². The SMILES string of the molecule is O=C1NC(=O)C(c2cnc3ccccn23)=C1C1=NC=CN2c3c(cccc31)CC2C(=O)C(F)F. The van der Waals surface area contributed by atoms with Gasteiger partial charge in [-0.2, -0.15) is 0 Å². The fraction of sp³-hybridized carbons (Fsp3) is 0.125. The van der Waals surface area contributed by atoms with E-state index in [4.69, 9.17) is 0 Å². The Morgan fingerprint density at radius 3 is 2.74 bits per heavy atom. The van der Waals surface area contributed by atoms with Crippen LogP contribution in [0.4, 0.5) is 14.5 Å². The zero-order chi connectivity index (χ0) is 23.6. The van der Waals surface area contributed by atoms with Crippen molar-refractivity contribution in [3.63, 3.8) is 0 Å². The number of imidazole rings is 1. The number of anilines is 1. The molecule has 1 atom stereocenters. The van der Waals surface area contributed by atoms with Crippen LogP contribution in [0.1, 0.15) is 16.8 Å². The largest absolute Gasteiger partial charge is 0.335 e. The molecule has 2 aromatic heterocycles. The number of Topliss-reactive ketones (excluding diaryl/α,β-unsaturated/α-hetero) is 1. The first-order valence-corrected chi connectivity index (χ1v) is 10.5. The lowest BCUT2D eigenvalue weighted by molar-refractivity contribution is -0.130. The molecular formula is C24H15F2N5O3. The van der Waals surface area contributed by atoms with Crippen molar-refractivity contribution in [3.8, 4) is 0 Å². The van der Waals surface area contributed by atoms with Crippen molar-refractivity contribution >= 4 is 40.2 Å². The molecule has 0 aliphatic carbocycles. The zero-order valence-corrected chi connectivity index (χ0v) is 17.4. The van der Waals surface area contributed by atoms with Gasteiger partial charge in [0.25, 0.3) is 18.2 Å². The maximum atomic E-state index is 13.3. The van der Waals surface area contributed by atoms with Gasteiger partial charge in [-0.3, -0.25) is 29.1 Å². The minimum atomic E-state index is -3.11. The summed E-state index contributed by atoms with van der Waals surface area (Å²) in [6.07, 6.45) is 3.04. The van der Waals surface area contributed by atoms with Crippen LogP contribution in [0.25, 0.3) is 11.2 Å². The summed E-state index contributed by atoms with van der Waals surface area (Å²) in [5.74, 6) is -2.39. The molecule has 168 valence electrons. The van der Waals surface area contributed by atoms with E-state index in [2.05, 4.69) is 15.3 Å². The van der Waals surface area contributed by atoms with Gasteiger partial charge in [0.15, 0.2) is 0 Å². The molecule has 3 aliphatic heterocycles. The fourth-order valence-corrected chi connectivity index (χ4v) is 4.77. The van der Waals surface area contributed by atoms with Crippen molar-refractivity contribution in [2.45, 2.75) is 18.9 Å². The second-order valence-corrected chi connectivity index (χ2v) is 8.02. The van der Waals surface area contributed by atoms with E-state index >= 15 is 0 Å². The van der Waals surface area contributed by atoms with Gasteiger partial charge in [0.2, 0.25) is 5.78 Å². The summed E-state index contributed by atoms with van der Waals surface area (Å²) in [6.45, 7) is 0. The summed E-state index contributed by atoms with van der Waals surface area (Å²) >= 11 is 0. The monoisotopic (exact) mass is 459 g/mol. The molecule has 34 heavy (non-hydrogen) atoms. The van der Waals surface area contributed by atoms with Crippen molar-refractivity contribution in [1.82, 2.24) is 14.7 Å². The molecule has 0 spiro atoms. The maximum absolute atomic E-state index is 13.3. The van der Waals surface area contributed by atoms with Gasteiger partial charge in [0, 0.05) is 30.6 Å². The topological polar surface area (TPSA) is 96.1 Å². The van der Waals surface area contributed by atoms with Crippen LogP contribution in [0.5, 0.6) is 0 Å². The van der Waals surface area contributed by atoms with Gasteiger partial charge in [0.1, 0.15) is 11.7 Å². The van der Waals surface area contributed by atoms with Crippen LogP contribution < -0.4 is 10.2 Å². The highest BCUT2D eigenvalue weighted by molar-refractivity contribution is 6.47. The van der Waals surface area contributed by atoms with Crippen LogP contribution in [0.2, 0.25) is 0 Å². The summed E-state index contributed by atoms with van der Waals surface area (Å²) in [5, 5.41) is 2.34. The van der Waals surface area contributed by atoms with E-state index in [1.165, 1.54) is 23.5 Å². The number of fused-ring (bicyclic) bond motifs is 1. The summed E-state index contributed by atoms with van der Waals surface area (Å²) in [7, 11) is 0. The predicted octanol–water partition coefficient (Wildman–Crippen LogP) is 2.28. The Balaban J connectivity index is 1.56. The number of imide groups is 1. The van der Waals surface area contributed by atoms with E-state index in [0.717, 1.165) is 0 Å². The van der Waals surface area contributed by atoms with Crippen molar-refractivity contribution < 1.29 is 23.2 Å². The molecule has 0 saturated carbocycles. The Hall–Kier alpha value is -4.47. The summed E-state index contributed by atoms with van der Waals surface area (Å²) in [4.78, 5) is 48.3. The predicted molar refractivity (Wildman–Crippen MR) is 118 cm³/mol. The van der Waals surface area contributed by atoms with Crippen LogP contribution in [-0.2, 0) is 20.8 Å². The lowest BCUT2D eigenvalue weighted by Crippen LogP contribution is -2.38. The van der Waals surface area contributed by atoms with Gasteiger partial charge in [-0.25, -0.2) is 13.8 Å². The van der Waals surface area contributed by atoms with Crippen LogP contribution in [0.15, 0.2) is 71.8 Å².